The van der Waals surface area contributed by atoms with Crippen molar-refractivity contribution in [3.8, 4) is 0 Å². The summed E-state index contributed by atoms with van der Waals surface area (Å²) < 4.78 is 4.66. The minimum absolute atomic E-state index is 0.338. The minimum atomic E-state index is -0.911. The molecule has 0 rings (SSSR count). The second-order valence-electron chi connectivity index (χ2n) is 3.25. The number of nitrogens with zero attached hydrogens (tertiary/aromatic N) is 1. The summed E-state index contributed by atoms with van der Waals surface area (Å²) in [5.74, 6) is -0.395. The number of carbonyl (C=O) groups is 1. The highest BCUT2D eigenvalue weighted by atomic mass is 16.6. The summed E-state index contributed by atoms with van der Waals surface area (Å²) in [6, 6.07) is 0. The Bertz CT molecular complexity index is 252. The van der Waals surface area contributed by atoms with Crippen LogP contribution in [-0.2, 0) is 9.53 Å². The molecule has 0 saturated heterocycles. The highest BCUT2D eigenvalue weighted by molar-refractivity contribution is 5.81. The van der Waals surface area contributed by atoms with E-state index in [-0.39, 0.29) is 0 Å². The number of esters is 1. The first kappa shape index (κ1) is 14.6. The summed E-state index contributed by atoms with van der Waals surface area (Å²) in [5.41, 5.74) is 0. The summed E-state index contributed by atoms with van der Waals surface area (Å²) in [5, 5.41) is 19.2. The van der Waals surface area contributed by atoms with E-state index in [2.05, 4.69) is 4.74 Å². The van der Waals surface area contributed by atoms with Crippen molar-refractivity contribution in [3.05, 3.63) is 22.3 Å². The largest absolute Gasteiger partial charge is 0.463 e. The Morgan fingerprint density at radius 1 is 1.62 bits per heavy atom. The van der Waals surface area contributed by atoms with Crippen LogP contribution < -0.4 is 0 Å². The zero-order chi connectivity index (χ0) is 12.4. The summed E-state index contributed by atoms with van der Waals surface area (Å²) in [6.07, 6.45) is 3.60. The second-order valence-corrected chi connectivity index (χ2v) is 3.25. The number of hydrogen-bond donors (Lipinski definition) is 1. The SMILES string of the molecule is CCOC(=O)/C=C/CCC[C@@H](O)C[N+](=O)[O-]. The zero-order valence-electron chi connectivity index (χ0n) is 9.30. The molecule has 0 aliphatic carbocycles. The van der Waals surface area contributed by atoms with Crippen LogP contribution in [0.25, 0.3) is 0 Å². The van der Waals surface area contributed by atoms with Gasteiger partial charge in [-0.3, -0.25) is 10.1 Å². The van der Waals surface area contributed by atoms with Gasteiger partial charge in [0.25, 0.3) is 0 Å². The van der Waals surface area contributed by atoms with Crippen molar-refractivity contribution in [3.63, 3.8) is 0 Å². The van der Waals surface area contributed by atoms with Crippen molar-refractivity contribution in [1.82, 2.24) is 0 Å². The lowest BCUT2D eigenvalue weighted by atomic mass is 10.1. The summed E-state index contributed by atoms with van der Waals surface area (Å²) >= 11 is 0. The van der Waals surface area contributed by atoms with Crippen molar-refractivity contribution in [2.24, 2.45) is 0 Å². The molecule has 0 aromatic rings. The van der Waals surface area contributed by atoms with Crippen LogP contribution in [0.5, 0.6) is 0 Å². The van der Waals surface area contributed by atoms with E-state index in [0.717, 1.165) is 0 Å². The minimum Gasteiger partial charge on any atom is -0.463 e. The Balaban J connectivity index is 3.52. The normalized spacial score (nSPS) is 12.6. The topological polar surface area (TPSA) is 89.7 Å². The fourth-order valence-electron chi connectivity index (χ4n) is 1.10. The molecule has 0 bridgehead atoms. The van der Waals surface area contributed by atoms with E-state index >= 15 is 0 Å². The Morgan fingerprint density at radius 3 is 2.88 bits per heavy atom. The Morgan fingerprint density at radius 2 is 2.31 bits per heavy atom. The maximum Gasteiger partial charge on any atom is 0.330 e. The average Bonchev–Trinajstić information content (AvgIpc) is 2.16. The molecule has 0 saturated carbocycles. The van der Waals surface area contributed by atoms with Crippen LogP contribution in [0.4, 0.5) is 0 Å². The number of rotatable bonds is 8. The highest BCUT2D eigenvalue weighted by Gasteiger charge is 2.09. The zero-order valence-corrected chi connectivity index (χ0v) is 9.30. The number of aliphatic hydroxyl groups excluding tert-OH is 1. The van der Waals surface area contributed by atoms with Gasteiger partial charge >= 0.3 is 5.97 Å². The Labute approximate surface area is 94.1 Å². The lowest BCUT2D eigenvalue weighted by Crippen LogP contribution is -2.18. The molecule has 0 fully saturated rings. The predicted octanol–water partition coefficient (Wildman–Crippen LogP) is 0.914. The van der Waals surface area contributed by atoms with E-state index in [0.29, 0.717) is 25.9 Å². The molecule has 6 heteroatoms. The Hall–Kier alpha value is -1.43. The van der Waals surface area contributed by atoms with E-state index in [1.54, 1.807) is 13.0 Å². The van der Waals surface area contributed by atoms with Crippen LogP contribution in [0.3, 0.4) is 0 Å². The predicted molar refractivity (Wildman–Crippen MR) is 57.5 cm³/mol. The van der Waals surface area contributed by atoms with E-state index in [1.165, 1.54) is 6.08 Å². The monoisotopic (exact) mass is 231 g/mol. The number of nitro groups is 1. The molecule has 0 aliphatic rings. The fraction of sp³-hybridized carbons (Fsp3) is 0.700. The van der Waals surface area contributed by atoms with Crippen LogP contribution >= 0.6 is 0 Å². The van der Waals surface area contributed by atoms with Gasteiger partial charge in [0.05, 0.1) is 6.61 Å². The third-order valence-corrected chi connectivity index (χ3v) is 1.81. The number of carbonyl (C=O) groups excluding carboxylic acids is 1. The maximum atomic E-state index is 10.8. The standard InChI is InChI=1S/C10H17NO5/c1-2-16-10(13)7-5-3-4-6-9(12)8-11(14)15/h5,7,9,12H,2-4,6,8H2,1H3/b7-5+/t9-/m1/s1. The molecule has 0 unspecified atom stereocenters. The molecule has 0 aliphatic heterocycles. The van der Waals surface area contributed by atoms with Crippen molar-refractivity contribution in [2.75, 3.05) is 13.2 Å². The molecule has 1 atom stereocenters. The maximum absolute atomic E-state index is 10.8. The Kier molecular flexibility index (Phi) is 8.05. The van der Waals surface area contributed by atoms with E-state index in [1.807, 2.05) is 0 Å². The van der Waals surface area contributed by atoms with E-state index < -0.39 is 23.5 Å². The summed E-state index contributed by atoms with van der Waals surface area (Å²) in [7, 11) is 0. The highest BCUT2D eigenvalue weighted by Crippen LogP contribution is 2.02. The molecular formula is C10H17NO5. The molecule has 0 aromatic carbocycles. The quantitative estimate of drug-likeness (QED) is 0.220. The molecule has 92 valence electrons. The van der Waals surface area contributed by atoms with Crippen LogP contribution in [0, 0.1) is 10.1 Å². The molecule has 0 spiro atoms. The van der Waals surface area contributed by atoms with Gasteiger partial charge in [-0.2, -0.15) is 0 Å². The van der Waals surface area contributed by atoms with Crippen LogP contribution in [-0.4, -0.2) is 35.3 Å². The molecule has 6 nitrogen and oxygen atoms in total. The molecule has 0 heterocycles. The average molecular weight is 231 g/mol. The first-order valence-electron chi connectivity index (χ1n) is 5.19. The third-order valence-electron chi connectivity index (χ3n) is 1.81. The molecule has 0 aromatic heterocycles. The van der Waals surface area contributed by atoms with Gasteiger partial charge in [0, 0.05) is 11.0 Å². The van der Waals surface area contributed by atoms with Gasteiger partial charge in [0.1, 0.15) is 6.10 Å². The smallest absolute Gasteiger partial charge is 0.330 e. The number of aliphatic hydroxyl groups is 1. The number of allylic oxidation sites excluding steroid dienone is 1. The van der Waals surface area contributed by atoms with Crippen LogP contribution in [0.1, 0.15) is 26.2 Å². The number of ether oxygens (including phenoxy) is 1. The van der Waals surface area contributed by atoms with Gasteiger partial charge in [-0.05, 0) is 26.2 Å². The van der Waals surface area contributed by atoms with E-state index in [4.69, 9.17) is 5.11 Å². The van der Waals surface area contributed by atoms with Crippen molar-refractivity contribution in [2.45, 2.75) is 32.3 Å². The second kappa shape index (κ2) is 8.84. The van der Waals surface area contributed by atoms with Gasteiger partial charge in [0.15, 0.2) is 0 Å². The van der Waals surface area contributed by atoms with Crippen LogP contribution in [0.15, 0.2) is 12.2 Å². The number of hydrogen-bond acceptors (Lipinski definition) is 5. The van der Waals surface area contributed by atoms with Gasteiger partial charge in [-0.15, -0.1) is 0 Å². The lowest BCUT2D eigenvalue weighted by molar-refractivity contribution is -0.490. The van der Waals surface area contributed by atoms with Crippen molar-refractivity contribution < 1.29 is 19.6 Å². The summed E-state index contributed by atoms with van der Waals surface area (Å²) in [4.78, 5) is 20.3. The lowest BCUT2D eigenvalue weighted by Gasteiger charge is -2.03. The molecule has 0 radical (unpaired) electrons. The fourth-order valence-corrected chi connectivity index (χ4v) is 1.10. The first-order valence-corrected chi connectivity index (χ1v) is 5.19. The molecule has 16 heavy (non-hydrogen) atoms. The van der Waals surface area contributed by atoms with Gasteiger partial charge in [-0.25, -0.2) is 4.79 Å². The summed E-state index contributed by atoms with van der Waals surface area (Å²) in [6.45, 7) is 1.63. The van der Waals surface area contributed by atoms with Crippen molar-refractivity contribution in [1.29, 1.82) is 0 Å². The molecular weight excluding hydrogens is 214 g/mol. The van der Waals surface area contributed by atoms with E-state index in [9.17, 15) is 14.9 Å². The third kappa shape index (κ3) is 9.14. The molecule has 1 N–H and O–H groups in total. The van der Waals surface area contributed by atoms with Gasteiger partial charge in [-0.1, -0.05) is 6.08 Å². The van der Waals surface area contributed by atoms with Crippen LogP contribution in [0.2, 0.25) is 0 Å². The number of unbranched alkanes of at least 4 members (excludes halogenated alkanes) is 1. The molecule has 0 amide bonds. The van der Waals surface area contributed by atoms with Crippen molar-refractivity contribution >= 4 is 5.97 Å². The first-order chi connectivity index (χ1) is 7.56. The van der Waals surface area contributed by atoms with Gasteiger partial charge < -0.3 is 9.84 Å². The van der Waals surface area contributed by atoms with Gasteiger partial charge in [0.2, 0.25) is 6.54 Å².